The number of Topliss-reactive ketones (excluding diaryl/α,β-unsaturated/α-hetero) is 1. The average molecular weight is 452 g/mol. The van der Waals surface area contributed by atoms with Crippen LogP contribution in [0.3, 0.4) is 0 Å². The number of benzene rings is 2. The second-order valence-electron chi connectivity index (χ2n) is 8.94. The van der Waals surface area contributed by atoms with E-state index in [-0.39, 0.29) is 11.3 Å². The molecule has 0 saturated carbocycles. The fraction of sp³-hybridized carbons (Fsp3) is 0.280. The van der Waals surface area contributed by atoms with Crippen LogP contribution in [0.4, 0.5) is 0 Å². The molecule has 0 radical (unpaired) electrons. The normalized spacial score (nSPS) is 12.8. The summed E-state index contributed by atoms with van der Waals surface area (Å²) in [5, 5.41) is 4.63. The minimum absolute atomic E-state index is 0.129. The average Bonchev–Trinajstić information content (AvgIpc) is 3.28. The number of ether oxygens (including phenoxy) is 1. The summed E-state index contributed by atoms with van der Waals surface area (Å²) in [6.45, 7) is 7.74. The molecule has 4 rings (SSSR count). The van der Waals surface area contributed by atoms with Crippen LogP contribution in [-0.2, 0) is 5.54 Å². The van der Waals surface area contributed by atoms with E-state index in [1.54, 1.807) is 36.1 Å². The van der Waals surface area contributed by atoms with Gasteiger partial charge in [0.2, 0.25) is 0 Å². The number of ketones is 1. The molecule has 0 fully saturated rings. The van der Waals surface area contributed by atoms with Crippen LogP contribution in [0.5, 0.6) is 5.75 Å². The summed E-state index contributed by atoms with van der Waals surface area (Å²) in [6.07, 6.45) is 0. The van der Waals surface area contributed by atoms with E-state index >= 15 is 0 Å². The number of methoxy groups -OCH3 is 1. The van der Waals surface area contributed by atoms with Crippen molar-refractivity contribution >= 4 is 28.3 Å². The Morgan fingerprint density at radius 2 is 1.78 bits per heavy atom. The largest absolute Gasteiger partial charge is 0.497 e. The maximum atomic E-state index is 13.9. The van der Waals surface area contributed by atoms with Gasteiger partial charge in [0.15, 0.2) is 5.78 Å². The molecule has 0 aliphatic rings. The Kier molecular flexibility index (Phi) is 5.51. The lowest BCUT2D eigenvalue weighted by Crippen LogP contribution is -2.32. The molecule has 166 valence electrons. The van der Waals surface area contributed by atoms with Crippen LogP contribution in [0.2, 0.25) is 5.02 Å². The van der Waals surface area contributed by atoms with E-state index in [9.17, 15) is 9.59 Å². The van der Waals surface area contributed by atoms with Gasteiger partial charge in [-0.25, -0.2) is 4.68 Å². The van der Waals surface area contributed by atoms with E-state index in [4.69, 9.17) is 16.3 Å². The van der Waals surface area contributed by atoms with Crippen LogP contribution in [0, 0.1) is 6.92 Å². The van der Waals surface area contributed by atoms with Gasteiger partial charge in [-0.2, -0.15) is 0 Å². The first-order valence-electron chi connectivity index (χ1n) is 10.4. The molecule has 2 aromatic heterocycles. The van der Waals surface area contributed by atoms with Crippen molar-refractivity contribution in [3.05, 3.63) is 86.4 Å². The van der Waals surface area contributed by atoms with Gasteiger partial charge in [0.05, 0.1) is 24.3 Å². The van der Waals surface area contributed by atoms with Crippen molar-refractivity contribution in [1.29, 1.82) is 0 Å². The zero-order chi connectivity index (χ0) is 23.2. The Labute approximate surface area is 191 Å². The third kappa shape index (κ3) is 3.86. The van der Waals surface area contributed by atoms with E-state index in [0.717, 1.165) is 22.2 Å². The summed E-state index contributed by atoms with van der Waals surface area (Å²) >= 11 is 6.04. The minimum atomic E-state index is -0.715. The standard InChI is InChI=1S/C25H26ClN3O3/c1-14-22(18-12-17(32-5)10-11-19(18)27-14)23(24(31)15-6-8-16(26)9-7-15)20-13-21(30)29(28-20)25(2,3)4/h6-13,23,27-28H,1-5H3. The minimum Gasteiger partial charge on any atom is -0.497 e. The van der Waals surface area contributed by atoms with Crippen molar-refractivity contribution in [2.45, 2.75) is 39.2 Å². The SMILES string of the molecule is COc1ccc2[nH]c(C)c(C(C(=O)c3ccc(Cl)cc3)c3cc(=O)n(C(C)(C)C)[nH]3)c2c1. The molecule has 2 aromatic carbocycles. The lowest BCUT2D eigenvalue weighted by Gasteiger charge is -2.21. The number of nitrogens with one attached hydrogen (secondary N) is 2. The Hall–Kier alpha value is -3.25. The van der Waals surface area contributed by atoms with Crippen LogP contribution >= 0.6 is 11.6 Å². The molecule has 2 heterocycles. The Bertz CT molecular complexity index is 1350. The summed E-state index contributed by atoms with van der Waals surface area (Å²) in [4.78, 5) is 30.0. The van der Waals surface area contributed by atoms with Gasteiger partial charge in [0.25, 0.3) is 5.56 Å². The molecule has 0 spiro atoms. The molecule has 0 bridgehead atoms. The number of aromatic nitrogens is 3. The molecule has 32 heavy (non-hydrogen) atoms. The summed E-state index contributed by atoms with van der Waals surface area (Å²) < 4.78 is 6.97. The highest BCUT2D eigenvalue weighted by Gasteiger charge is 2.31. The number of aryl methyl sites for hydroxylation is 1. The monoisotopic (exact) mass is 451 g/mol. The number of H-pyrrole nitrogens is 2. The molecule has 0 aliphatic heterocycles. The zero-order valence-electron chi connectivity index (χ0n) is 18.7. The lowest BCUT2D eigenvalue weighted by atomic mass is 9.86. The predicted molar refractivity (Wildman–Crippen MR) is 127 cm³/mol. The number of halogens is 1. The van der Waals surface area contributed by atoms with E-state index in [1.165, 1.54) is 6.07 Å². The number of hydrogen-bond donors (Lipinski definition) is 2. The second kappa shape index (κ2) is 8.02. The first-order chi connectivity index (χ1) is 15.1. The topological polar surface area (TPSA) is 79.9 Å². The lowest BCUT2D eigenvalue weighted by molar-refractivity contribution is 0.0972. The second-order valence-corrected chi connectivity index (χ2v) is 9.37. The molecule has 7 heteroatoms. The number of carbonyl (C=O) groups is 1. The smallest absolute Gasteiger partial charge is 0.267 e. The summed E-state index contributed by atoms with van der Waals surface area (Å²) in [7, 11) is 1.61. The summed E-state index contributed by atoms with van der Waals surface area (Å²) in [6, 6.07) is 14.0. The molecular formula is C25H26ClN3O3. The molecule has 1 unspecified atom stereocenters. The van der Waals surface area contributed by atoms with Gasteiger partial charge in [0, 0.05) is 33.2 Å². The Morgan fingerprint density at radius 1 is 1.09 bits per heavy atom. The van der Waals surface area contributed by atoms with Gasteiger partial charge >= 0.3 is 0 Å². The van der Waals surface area contributed by atoms with E-state index in [1.807, 2.05) is 45.9 Å². The van der Waals surface area contributed by atoms with Crippen molar-refractivity contribution in [1.82, 2.24) is 14.8 Å². The van der Waals surface area contributed by atoms with Gasteiger partial charge in [-0.3, -0.25) is 14.7 Å². The third-order valence-electron chi connectivity index (χ3n) is 5.64. The number of fused-ring (bicyclic) bond motifs is 1. The van der Waals surface area contributed by atoms with Crippen LogP contribution in [0.1, 0.15) is 54.0 Å². The van der Waals surface area contributed by atoms with Crippen LogP contribution in [-0.4, -0.2) is 27.7 Å². The van der Waals surface area contributed by atoms with E-state index < -0.39 is 11.5 Å². The highest BCUT2D eigenvalue weighted by Crippen LogP contribution is 2.37. The van der Waals surface area contributed by atoms with Crippen molar-refractivity contribution in [2.75, 3.05) is 7.11 Å². The molecule has 4 aromatic rings. The van der Waals surface area contributed by atoms with Crippen molar-refractivity contribution in [2.24, 2.45) is 0 Å². The molecule has 6 nitrogen and oxygen atoms in total. The van der Waals surface area contributed by atoms with Crippen LogP contribution in [0.25, 0.3) is 10.9 Å². The fourth-order valence-electron chi connectivity index (χ4n) is 4.09. The Morgan fingerprint density at radius 3 is 2.38 bits per heavy atom. The summed E-state index contributed by atoms with van der Waals surface area (Å²) in [5.41, 5.74) is 2.96. The quantitative estimate of drug-likeness (QED) is 0.399. The van der Waals surface area contributed by atoms with Crippen molar-refractivity contribution in [3.8, 4) is 5.75 Å². The third-order valence-corrected chi connectivity index (χ3v) is 5.90. The number of carbonyl (C=O) groups excluding carboxylic acids is 1. The predicted octanol–water partition coefficient (Wildman–Crippen LogP) is 5.40. The maximum absolute atomic E-state index is 13.9. The van der Waals surface area contributed by atoms with E-state index in [0.29, 0.717) is 22.0 Å². The maximum Gasteiger partial charge on any atom is 0.267 e. The fourth-order valence-corrected chi connectivity index (χ4v) is 4.22. The first-order valence-corrected chi connectivity index (χ1v) is 10.8. The van der Waals surface area contributed by atoms with Crippen molar-refractivity contribution < 1.29 is 9.53 Å². The molecule has 0 aliphatic carbocycles. The highest BCUT2D eigenvalue weighted by molar-refractivity contribution is 6.30. The number of aromatic amines is 2. The zero-order valence-corrected chi connectivity index (χ0v) is 19.5. The molecule has 1 atom stereocenters. The van der Waals surface area contributed by atoms with Crippen molar-refractivity contribution in [3.63, 3.8) is 0 Å². The van der Waals surface area contributed by atoms with Gasteiger partial charge in [0.1, 0.15) is 5.75 Å². The highest BCUT2D eigenvalue weighted by atomic mass is 35.5. The molecule has 2 N–H and O–H groups in total. The van der Waals surface area contributed by atoms with Gasteiger partial charge in [-0.15, -0.1) is 0 Å². The molecule has 0 amide bonds. The van der Waals surface area contributed by atoms with Gasteiger partial charge in [-0.05, 0) is 75.7 Å². The van der Waals surface area contributed by atoms with Gasteiger partial charge in [-0.1, -0.05) is 11.6 Å². The van der Waals surface area contributed by atoms with Gasteiger partial charge < -0.3 is 9.72 Å². The molecular weight excluding hydrogens is 426 g/mol. The molecule has 0 saturated heterocycles. The summed E-state index contributed by atoms with van der Waals surface area (Å²) in [5.74, 6) is -0.152. The van der Waals surface area contributed by atoms with E-state index in [2.05, 4.69) is 10.1 Å². The number of hydrogen-bond acceptors (Lipinski definition) is 3. The Balaban J connectivity index is 1.98. The number of rotatable bonds is 5. The van der Waals surface area contributed by atoms with Crippen LogP contribution < -0.4 is 10.3 Å². The van der Waals surface area contributed by atoms with Crippen LogP contribution in [0.15, 0.2) is 53.3 Å². The first kappa shape index (κ1) is 22.0. The number of nitrogens with zero attached hydrogens (tertiary/aromatic N) is 1.